The van der Waals surface area contributed by atoms with E-state index < -0.39 is 5.60 Å². The summed E-state index contributed by atoms with van der Waals surface area (Å²) >= 11 is 0. The Hall–Kier alpha value is -1.35. The maximum atomic E-state index is 10.00. The molecular formula is C9H10N2O. The smallest absolute Gasteiger partial charge is 0.144 e. The molecule has 0 aromatic carbocycles. The minimum absolute atomic E-state index is 0.580. The Kier molecular flexibility index (Phi) is 1.59. The van der Waals surface area contributed by atoms with Crippen LogP contribution in [0.4, 0.5) is 0 Å². The van der Waals surface area contributed by atoms with Gasteiger partial charge in [0, 0.05) is 18.8 Å². The Morgan fingerprint density at radius 1 is 1.50 bits per heavy atom. The molecule has 1 aromatic rings. The third kappa shape index (κ3) is 1.08. The number of aromatic amines is 1. The van der Waals surface area contributed by atoms with Gasteiger partial charge in [-0.25, -0.2) is 4.98 Å². The van der Waals surface area contributed by atoms with Crippen LogP contribution >= 0.6 is 0 Å². The topological polar surface area (TPSA) is 48.9 Å². The van der Waals surface area contributed by atoms with E-state index in [0.717, 1.165) is 0 Å². The zero-order valence-electron chi connectivity index (χ0n) is 6.57. The van der Waals surface area contributed by atoms with Gasteiger partial charge in [0.05, 0.1) is 0 Å². The van der Waals surface area contributed by atoms with Crippen molar-refractivity contribution >= 4 is 0 Å². The minimum Gasteiger partial charge on any atom is -0.377 e. The molecule has 0 aliphatic heterocycles. The van der Waals surface area contributed by atoms with Gasteiger partial charge in [-0.15, -0.1) is 0 Å². The summed E-state index contributed by atoms with van der Waals surface area (Å²) < 4.78 is 0. The van der Waals surface area contributed by atoms with Gasteiger partial charge in [0.25, 0.3) is 0 Å². The van der Waals surface area contributed by atoms with E-state index in [2.05, 4.69) is 9.97 Å². The molecule has 2 rings (SSSR count). The first kappa shape index (κ1) is 7.31. The van der Waals surface area contributed by atoms with E-state index in [-0.39, 0.29) is 0 Å². The summed E-state index contributed by atoms with van der Waals surface area (Å²) in [4.78, 5) is 6.92. The van der Waals surface area contributed by atoms with Gasteiger partial charge in [-0.05, 0) is 6.08 Å². The summed E-state index contributed by atoms with van der Waals surface area (Å²) in [6, 6.07) is 0. The second-order valence-corrected chi connectivity index (χ2v) is 2.85. The van der Waals surface area contributed by atoms with E-state index in [1.807, 2.05) is 18.2 Å². The zero-order valence-corrected chi connectivity index (χ0v) is 6.57. The molecule has 0 fully saturated rings. The highest BCUT2D eigenvalue weighted by molar-refractivity contribution is 5.23. The van der Waals surface area contributed by atoms with Gasteiger partial charge in [0.1, 0.15) is 11.4 Å². The summed E-state index contributed by atoms with van der Waals surface area (Å²) in [7, 11) is 0. The van der Waals surface area contributed by atoms with Gasteiger partial charge in [0.2, 0.25) is 0 Å². The maximum absolute atomic E-state index is 10.00. The minimum atomic E-state index is -0.932. The molecule has 0 saturated carbocycles. The average molecular weight is 162 g/mol. The lowest BCUT2D eigenvalue weighted by Crippen LogP contribution is -2.24. The zero-order chi connectivity index (χ0) is 8.44. The van der Waals surface area contributed by atoms with Gasteiger partial charge in [-0.2, -0.15) is 0 Å². The van der Waals surface area contributed by atoms with Crippen LogP contribution in [-0.4, -0.2) is 15.1 Å². The Labute approximate surface area is 70.5 Å². The molecule has 0 saturated heterocycles. The molecule has 1 unspecified atom stereocenters. The first-order valence-corrected chi connectivity index (χ1v) is 3.88. The highest BCUT2D eigenvalue weighted by Gasteiger charge is 2.28. The van der Waals surface area contributed by atoms with Crippen molar-refractivity contribution in [3.05, 3.63) is 42.5 Å². The van der Waals surface area contributed by atoms with Crippen LogP contribution in [0.25, 0.3) is 0 Å². The summed E-state index contributed by atoms with van der Waals surface area (Å²) in [5, 5.41) is 10.00. The molecule has 0 amide bonds. The second-order valence-electron chi connectivity index (χ2n) is 2.85. The van der Waals surface area contributed by atoms with Gasteiger partial charge < -0.3 is 10.1 Å². The molecule has 3 heteroatoms. The molecule has 0 radical (unpaired) electrons. The van der Waals surface area contributed by atoms with Crippen LogP contribution in [0.5, 0.6) is 0 Å². The highest BCUT2D eigenvalue weighted by atomic mass is 16.3. The fourth-order valence-corrected chi connectivity index (χ4v) is 1.29. The van der Waals surface area contributed by atoms with Gasteiger partial charge >= 0.3 is 0 Å². The van der Waals surface area contributed by atoms with Crippen LogP contribution in [0.15, 0.2) is 36.7 Å². The third-order valence-electron chi connectivity index (χ3n) is 1.96. The molecule has 0 spiro atoms. The molecule has 2 N–H and O–H groups in total. The van der Waals surface area contributed by atoms with Crippen molar-refractivity contribution in [2.24, 2.45) is 0 Å². The maximum Gasteiger partial charge on any atom is 0.144 e. The fraction of sp³-hybridized carbons (Fsp3) is 0.222. The molecule has 1 heterocycles. The molecule has 1 aromatic heterocycles. The van der Waals surface area contributed by atoms with Crippen LogP contribution in [0, 0.1) is 0 Å². The van der Waals surface area contributed by atoms with Gasteiger partial charge in [-0.3, -0.25) is 0 Å². The van der Waals surface area contributed by atoms with Crippen LogP contribution in [0.1, 0.15) is 12.2 Å². The van der Waals surface area contributed by atoms with Gasteiger partial charge in [0.15, 0.2) is 0 Å². The number of aromatic nitrogens is 2. The molecular weight excluding hydrogens is 152 g/mol. The lowest BCUT2D eigenvalue weighted by Gasteiger charge is -2.22. The SMILES string of the molecule is OC1(c2ncc[nH]2)C=CC=CC1. The van der Waals surface area contributed by atoms with Crippen LogP contribution in [0.3, 0.4) is 0 Å². The predicted octanol–water partition coefficient (Wildman–Crippen LogP) is 1.11. The molecule has 62 valence electrons. The molecule has 12 heavy (non-hydrogen) atoms. The van der Waals surface area contributed by atoms with E-state index >= 15 is 0 Å². The highest BCUT2D eigenvalue weighted by Crippen LogP contribution is 2.26. The average Bonchev–Trinajstić information content (AvgIpc) is 2.58. The lowest BCUT2D eigenvalue weighted by atomic mass is 9.95. The van der Waals surface area contributed by atoms with Gasteiger partial charge in [-0.1, -0.05) is 18.2 Å². The van der Waals surface area contributed by atoms with E-state index in [4.69, 9.17) is 0 Å². The monoisotopic (exact) mass is 162 g/mol. The Morgan fingerprint density at radius 3 is 3.00 bits per heavy atom. The molecule has 1 atom stereocenters. The van der Waals surface area contributed by atoms with Crippen molar-refractivity contribution in [3.8, 4) is 0 Å². The number of allylic oxidation sites excluding steroid dienone is 2. The number of rotatable bonds is 1. The number of nitrogens with one attached hydrogen (secondary N) is 1. The fourth-order valence-electron chi connectivity index (χ4n) is 1.29. The van der Waals surface area contributed by atoms with Crippen molar-refractivity contribution in [3.63, 3.8) is 0 Å². The molecule has 1 aliphatic rings. The number of nitrogens with zero attached hydrogens (tertiary/aromatic N) is 1. The van der Waals surface area contributed by atoms with Crippen molar-refractivity contribution in [2.75, 3.05) is 0 Å². The Bertz CT molecular complexity index is 313. The summed E-state index contributed by atoms with van der Waals surface area (Å²) in [6.45, 7) is 0. The first-order chi connectivity index (χ1) is 5.81. The van der Waals surface area contributed by atoms with Crippen molar-refractivity contribution in [1.82, 2.24) is 9.97 Å². The number of imidazole rings is 1. The third-order valence-corrected chi connectivity index (χ3v) is 1.96. The summed E-state index contributed by atoms with van der Waals surface area (Å²) in [5.41, 5.74) is -0.932. The largest absolute Gasteiger partial charge is 0.377 e. The Morgan fingerprint density at radius 2 is 2.42 bits per heavy atom. The predicted molar refractivity (Wildman–Crippen MR) is 45.4 cm³/mol. The number of H-pyrrole nitrogens is 1. The van der Waals surface area contributed by atoms with Crippen LogP contribution < -0.4 is 0 Å². The van der Waals surface area contributed by atoms with E-state index in [1.165, 1.54) is 0 Å². The quantitative estimate of drug-likeness (QED) is 0.650. The molecule has 3 nitrogen and oxygen atoms in total. The number of aliphatic hydroxyl groups is 1. The van der Waals surface area contributed by atoms with Crippen molar-refractivity contribution < 1.29 is 5.11 Å². The Balaban J connectivity index is 2.34. The lowest BCUT2D eigenvalue weighted by molar-refractivity contribution is 0.0827. The first-order valence-electron chi connectivity index (χ1n) is 3.88. The van der Waals surface area contributed by atoms with E-state index in [0.29, 0.717) is 12.2 Å². The second kappa shape index (κ2) is 2.60. The van der Waals surface area contributed by atoms with E-state index in [9.17, 15) is 5.11 Å². The summed E-state index contributed by atoms with van der Waals surface area (Å²) in [6.07, 6.45) is 11.3. The standard InChI is InChI=1S/C9H10N2O/c12-9(4-2-1-3-5-9)8-10-6-7-11-8/h1-4,6-7,12H,5H2,(H,10,11). The van der Waals surface area contributed by atoms with Crippen LogP contribution in [-0.2, 0) is 5.60 Å². The normalized spacial score (nSPS) is 27.8. The number of hydrogen-bond acceptors (Lipinski definition) is 2. The molecule has 0 bridgehead atoms. The number of hydrogen-bond donors (Lipinski definition) is 2. The summed E-state index contributed by atoms with van der Waals surface area (Å²) in [5.74, 6) is 0.600. The van der Waals surface area contributed by atoms with Crippen LogP contribution in [0.2, 0.25) is 0 Å². The van der Waals surface area contributed by atoms with Crippen molar-refractivity contribution in [1.29, 1.82) is 0 Å². The van der Waals surface area contributed by atoms with E-state index in [1.54, 1.807) is 18.5 Å². The molecule has 1 aliphatic carbocycles. The van der Waals surface area contributed by atoms with Crippen molar-refractivity contribution in [2.45, 2.75) is 12.0 Å².